The van der Waals surface area contributed by atoms with Crippen LogP contribution in [0.25, 0.3) is 0 Å². The Morgan fingerprint density at radius 2 is 2.50 bits per heavy atom. The van der Waals surface area contributed by atoms with Crippen LogP contribution in [-0.2, 0) is 0 Å². The summed E-state index contributed by atoms with van der Waals surface area (Å²) in [6.45, 7) is 0. The van der Waals surface area contributed by atoms with Crippen molar-refractivity contribution in [2.45, 2.75) is 18.9 Å². The molecule has 0 aliphatic heterocycles. The summed E-state index contributed by atoms with van der Waals surface area (Å²) in [5.41, 5.74) is 0. The molecule has 1 fully saturated rings. The van der Waals surface area contributed by atoms with Gasteiger partial charge in [0.2, 0.25) is 5.76 Å². The number of aromatic nitrogens is 1. The minimum atomic E-state index is -0.476. The van der Waals surface area contributed by atoms with E-state index >= 15 is 0 Å². The third-order valence-electron chi connectivity index (χ3n) is 1.63. The summed E-state index contributed by atoms with van der Waals surface area (Å²) < 4.78 is 4.61. The number of nitrogens with zero attached hydrogens (tertiary/aromatic N) is 1. The maximum Gasteiger partial charge on any atom is 0.391 e. The minimum absolute atomic E-state index is 0.0550. The van der Waals surface area contributed by atoms with E-state index in [9.17, 15) is 4.79 Å². The quantitative estimate of drug-likeness (QED) is 0.664. The molecule has 5 nitrogen and oxygen atoms in total. The molecule has 12 heavy (non-hydrogen) atoms. The molecule has 0 radical (unpaired) electrons. The predicted molar refractivity (Wildman–Crippen MR) is 38.7 cm³/mol. The van der Waals surface area contributed by atoms with Gasteiger partial charge in [0, 0.05) is 6.04 Å². The molecule has 0 unspecified atom stereocenters. The smallest absolute Gasteiger partial charge is 0.391 e. The van der Waals surface area contributed by atoms with Gasteiger partial charge in [-0.1, -0.05) is 0 Å². The number of oxazole rings is 1. The van der Waals surface area contributed by atoms with Crippen LogP contribution in [0.15, 0.2) is 10.6 Å². The van der Waals surface area contributed by atoms with Crippen molar-refractivity contribution < 1.29 is 14.3 Å². The lowest BCUT2D eigenvalue weighted by atomic mass is 10.4. The van der Waals surface area contributed by atoms with Crippen molar-refractivity contribution in [3.8, 4) is 6.08 Å². The fourth-order valence-electron chi connectivity index (χ4n) is 0.854. The summed E-state index contributed by atoms with van der Waals surface area (Å²) in [6, 6.07) is 0.282. The van der Waals surface area contributed by atoms with Gasteiger partial charge in [-0.3, -0.25) is 4.79 Å². The van der Waals surface area contributed by atoms with E-state index in [1.807, 2.05) is 0 Å². The van der Waals surface area contributed by atoms with E-state index in [0.29, 0.717) is 0 Å². The summed E-state index contributed by atoms with van der Waals surface area (Å²) in [5, 5.41) is 11.4. The summed E-state index contributed by atoms with van der Waals surface area (Å²) >= 11 is 0. The van der Waals surface area contributed by atoms with E-state index in [0.717, 1.165) is 12.8 Å². The van der Waals surface area contributed by atoms with Crippen molar-refractivity contribution in [3.63, 3.8) is 0 Å². The number of aromatic hydroxyl groups is 1. The van der Waals surface area contributed by atoms with Crippen molar-refractivity contribution in [3.05, 3.63) is 12.0 Å². The zero-order valence-corrected chi connectivity index (χ0v) is 6.28. The first-order valence-electron chi connectivity index (χ1n) is 3.71. The lowest BCUT2D eigenvalue weighted by Gasteiger charge is -1.96. The highest BCUT2D eigenvalue weighted by Gasteiger charge is 2.25. The number of hydrogen-bond donors (Lipinski definition) is 2. The maximum absolute atomic E-state index is 11.2. The average molecular weight is 168 g/mol. The lowest BCUT2D eigenvalue weighted by molar-refractivity contribution is 0.0917. The van der Waals surface area contributed by atoms with E-state index in [-0.39, 0.29) is 17.7 Å². The SMILES string of the molecule is O=C(NC1CC1)c1cnc(O)o1. The molecule has 5 heteroatoms. The summed E-state index contributed by atoms with van der Waals surface area (Å²) in [4.78, 5) is 14.5. The Labute approximate surface area is 68.4 Å². The predicted octanol–water partition coefficient (Wildman–Crippen LogP) is 0.272. The van der Waals surface area contributed by atoms with Crippen molar-refractivity contribution in [1.82, 2.24) is 10.3 Å². The van der Waals surface area contributed by atoms with E-state index < -0.39 is 6.08 Å². The van der Waals surface area contributed by atoms with Crippen LogP contribution in [0.1, 0.15) is 23.4 Å². The van der Waals surface area contributed by atoms with E-state index in [1.54, 1.807) is 0 Å². The largest absolute Gasteiger partial charge is 0.466 e. The first-order chi connectivity index (χ1) is 5.75. The molecule has 0 atom stereocenters. The Hall–Kier alpha value is -1.52. The Morgan fingerprint density at radius 3 is 3.00 bits per heavy atom. The minimum Gasteiger partial charge on any atom is -0.466 e. The highest BCUT2D eigenvalue weighted by atomic mass is 16.5. The van der Waals surface area contributed by atoms with Gasteiger partial charge in [-0.2, -0.15) is 4.98 Å². The highest BCUT2D eigenvalue weighted by Crippen LogP contribution is 2.19. The topological polar surface area (TPSA) is 75.4 Å². The average Bonchev–Trinajstić information content (AvgIpc) is 2.72. The lowest BCUT2D eigenvalue weighted by Crippen LogP contribution is -2.24. The molecule has 1 aromatic rings. The van der Waals surface area contributed by atoms with Gasteiger partial charge in [-0.25, -0.2) is 0 Å². The molecule has 0 spiro atoms. The molecule has 64 valence electrons. The number of amides is 1. The van der Waals surface area contributed by atoms with Gasteiger partial charge in [-0.15, -0.1) is 0 Å². The van der Waals surface area contributed by atoms with Crippen LogP contribution in [0, 0.1) is 0 Å². The van der Waals surface area contributed by atoms with Crippen LogP contribution in [-0.4, -0.2) is 22.0 Å². The Morgan fingerprint density at radius 1 is 1.75 bits per heavy atom. The van der Waals surface area contributed by atoms with E-state index in [2.05, 4.69) is 14.7 Å². The molecule has 2 rings (SSSR count). The zero-order valence-electron chi connectivity index (χ0n) is 6.28. The molecule has 1 amide bonds. The number of nitrogens with one attached hydrogen (secondary N) is 1. The Kier molecular flexibility index (Phi) is 1.49. The highest BCUT2D eigenvalue weighted by molar-refractivity contribution is 5.91. The first-order valence-corrected chi connectivity index (χ1v) is 3.71. The van der Waals surface area contributed by atoms with Crippen LogP contribution in [0.4, 0.5) is 0 Å². The normalized spacial score (nSPS) is 16.0. The van der Waals surface area contributed by atoms with Crippen molar-refractivity contribution in [2.24, 2.45) is 0 Å². The standard InChI is InChI=1S/C7H8N2O3/c10-6(9-4-1-2-4)5-3-8-7(11)12-5/h3-4H,1-2H2,(H,8,11)(H,9,10). The van der Waals surface area contributed by atoms with Gasteiger partial charge >= 0.3 is 6.08 Å². The number of carbonyl (C=O) groups excluding carboxylic acids is 1. The van der Waals surface area contributed by atoms with E-state index in [1.165, 1.54) is 6.20 Å². The number of carbonyl (C=O) groups is 1. The van der Waals surface area contributed by atoms with Crippen molar-refractivity contribution in [1.29, 1.82) is 0 Å². The van der Waals surface area contributed by atoms with Gasteiger partial charge in [0.1, 0.15) is 0 Å². The van der Waals surface area contributed by atoms with Gasteiger partial charge in [0.15, 0.2) is 0 Å². The molecule has 1 aliphatic rings. The molecule has 2 N–H and O–H groups in total. The van der Waals surface area contributed by atoms with Crippen molar-refractivity contribution >= 4 is 5.91 Å². The third kappa shape index (κ3) is 1.39. The molecule has 0 saturated heterocycles. The maximum atomic E-state index is 11.2. The van der Waals surface area contributed by atoms with Crippen LogP contribution < -0.4 is 5.32 Å². The van der Waals surface area contributed by atoms with Crippen molar-refractivity contribution in [2.75, 3.05) is 0 Å². The fraction of sp³-hybridized carbons (Fsp3) is 0.429. The molecular formula is C7H8N2O3. The summed E-state index contributed by atoms with van der Waals surface area (Å²) in [7, 11) is 0. The Balaban J connectivity index is 2.03. The fourth-order valence-corrected chi connectivity index (χ4v) is 0.854. The van der Waals surface area contributed by atoms with E-state index in [4.69, 9.17) is 5.11 Å². The first kappa shape index (κ1) is 7.15. The second kappa shape index (κ2) is 2.51. The molecule has 0 aromatic carbocycles. The Bertz CT molecular complexity index is 303. The molecule has 1 heterocycles. The summed E-state index contributed by atoms with van der Waals surface area (Å²) in [5.74, 6) is -0.260. The molecule has 0 bridgehead atoms. The van der Waals surface area contributed by atoms with Gasteiger partial charge in [-0.05, 0) is 12.8 Å². The van der Waals surface area contributed by atoms with Gasteiger partial charge < -0.3 is 14.8 Å². The third-order valence-corrected chi connectivity index (χ3v) is 1.63. The van der Waals surface area contributed by atoms with Gasteiger partial charge in [0.05, 0.1) is 6.20 Å². The summed E-state index contributed by atoms with van der Waals surface area (Å²) in [6.07, 6.45) is 2.76. The van der Waals surface area contributed by atoms with Crippen LogP contribution in [0.3, 0.4) is 0 Å². The molecule has 1 aliphatic carbocycles. The number of rotatable bonds is 2. The van der Waals surface area contributed by atoms with Crippen LogP contribution >= 0.6 is 0 Å². The zero-order chi connectivity index (χ0) is 8.55. The van der Waals surface area contributed by atoms with Gasteiger partial charge in [0.25, 0.3) is 5.91 Å². The number of hydrogen-bond acceptors (Lipinski definition) is 4. The molecule has 1 aromatic heterocycles. The van der Waals surface area contributed by atoms with Crippen LogP contribution in [0.2, 0.25) is 0 Å². The second-order valence-electron chi connectivity index (χ2n) is 2.75. The second-order valence-corrected chi connectivity index (χ2v) is 2.75. The monoisotopic (exact) mass is 168 g/mol. The van der Waals surface area contributed by atoms with Crippen LogP contribution in [0.5, 0.6) is 6.08 Å². The molecular weight excluding hydrogens is 160 g/mol. The molecule has 1 saturated carbocycles.